The van der Waals surface area contributed by atoms with Gasteiger partial charge in [0.25, 0.3) is 5.79 Å². The van der Waals surface area contributed by atoms with Gasteiger partial charge < -0.3 is 19.1 Å². The third-order valence-electron chi connectivity index (χ3n) is 7.85. The molecule has 2 aliphatic carbocycles. The van der Waals surface area contributed by atoms with Crippen LogP contribution in [0.2, 0.25) is 0 Å². The predicted molar refractivity (Wildman–Crippen MR) is 111 cm³/mol. The van der Waals surface area contributed by atoms with E-state index in [-0.39, 0.29) is 11.3 Å². The van der Waals surface area contributed by atoms with E-state index in [2.05, 4.69) is 20.8 Å². The summed E-state index contributed by atoms with van der Waals surface area (Å²) in [5, 5.41) is 0. The van der Waals surface area contributed by atoms with E-state index in [4.69, 9.17) is 14.2 Å². The zero-order chi connectivity index (χ0) is 21.8. The molecule has 0 radical (unpaired) electrons. The lowest BCUT2D eigenvalue weighted by atomic mass is 9.61. The van der Waals surface area contributed by atoms with Gasteiger partial charge in [-0.1, -0.05) is 51.1 Å². The van der Waals surface area contributed by atoms with Crippen molar-refractivity contribution in [2.75, 3.05) is 27.2 Å². The third-order valence-corrected chi connectivity index (χ3v) is 7.85. The van der Waals surface area contributed by atoms with Crippen LogP contribution < -0.4 is 0 Å². The molecule has 1 aliphatic heterocycles. The number of benzene rings is 1. The quantitative estimate of drug-likeness (QED) is 0.691. The van der Waals surface area contributed by atoms with Gasteiger partial charge in [0.2, 0.25) is 0 Å². The Morgan fingerprint density at radius 1 is 1.03 bits per heavy atom. The van der Waals surface area contributed by atoms with Crippen LogP contribution in [0, 0.1) is 16.7 Å². The zero-order valence-corrected chi connectivity index (χ0v) is 18.4. The lowest BCUT2D eigenvalue weighted by Gasteiger charge is -2.54. The van der Waals surface area contributed by atoms with Crippen molar-refractivity contribution in [1.82, 2.24) is 4.90 Å². The first-order valence-electron chi connectivity index (χ1n) is 10.6. The first-order valence-corrected chi connectivity index (χ1v) is 10.6. The molecule has 1 aromatic carbocycles. The number of fused-ring (bicyclic) bond motifs is 3. The average Bonchev–Trinajstić information content (AvgIpc) is 2.89. The highest BCUT2D eigenvalue weighted by Crippen LogP contribution is 2.78. The van der Waals surface area contributed by atoms with Crippen molar-refractivity contribution >= 4 is 11.9 Å². The van der Waals surface area contributed by atoms with Gasteiger partial charge in [-0.05, 0) is 37.9 Å². The van der Waals surface area contributed by atoms with Gasteiger partial charge in [0, 0.05) is 30.0 Å². The first-order chi connectivity index (χ1) is 14.1. The predicted octanol–water partition coefficient (Wildman–Crippen LogP) is 3.27. The Morgan fingerprint density at radius 2 is 1.63 bits per heavy atom. The Morgan fingerprint density at radius 3 is 2.20 bits per heavy atom. The van der Waals surface area contributed by atoms with Crippen molar-refractivity contribution in [2.24, 2.45) is 16.7 Å². The van der Waals surface area contributed by atoms with E-state index in [9.17, 15) is 9.59 Å². The van der Waals surface area contributed by atoms with E-state index in [0.717, 1.165) is 30.6 Å². The fourth-order valence-corrected chi connectivity index (χ4v) is 6.15. The summed E-state index contributed by atoms with van der Waals surface area (Å²) in [5.41, 5.74) is -0.986. The van der Waals surface area contributed by atoms with Gasteiger partial charge in [-0.25, -0.2) is 9.59 Å². The second-order valence-electron chi connectivity index (χ2n) is 9.69. The Kier molecular flexibility index (Phi) is 4.86. The Hall–Kier alpha value is -2.18. The maximum Gasteiger partial charge on any atom is 0.334 e. The summed E-state index contributed by atoms with van der Waals surface area (Å²) >= 11 is 0. The number of esters is 2. The van der Waals surface area contributed by atoms with E-state index >= 15 is 0 Å². The Balaban J connectivity index is 1.98. The van der Waals surface area contributed by atoms with Gasteiger partial charge in [0.1, 0.15) is 0 Å². The molecule has 2 saturated carbocycles. The largest absolute Gasteiger partial charge is 0.415 e. The lowest BCUT2D eigenvalue weighted by molar-refractivity contribution is -0.336. The molecule has 2 bridgehead atoms. The molecule has 0 saturated heterocycles. The number of hydrogen-bond acceptors (Lipinski definition) is 6. The monoisotopic (exact) mass is 413 g/mol. The summed E-state index contributed by atoms with van der Waals surface area (Å²) in [5.74, 6) is -2.88. The molecule has 1 spiro atoms. The minimum Gasteiger partial charge on any atom is -0.415 e. The molecule has 30 heavy (non-hydrogen) atoms. The average molecular weight is 414 g/mol. The molecule has 6 nitrogen and oxygen atoms in total. The van der Waals surface area contributed by atoms with E-state index in [0.29, 0.717) is 13.2 Å². The maximum atomic E-state index is 12.7. The van der Waals surface area contributed by atoms with Gasteiger partial charge in [-0.15, -0.1) is 0 Å². The molecular formula is C24H31NO5. The summed E-state index contributed by atoms with van der Waals surface area (Å²) in [6.07, 6.45) is 3.96. The molecule has 0 unspecified atom stereocenters. The van der Waals surface area contributed by atoms with Crippen LogP contribution in [0.25, 0.3) is 0 Å². The number of carbonyl (C=O) groups excluding carboxylic acids is 2. The van der Waals surface area contributed by atoms with Crippen molar-refractivity contribution < 1.29 is 23.8 Å². The molecule has 2 fully saturated rings. The number of hydrogen-bond donors (Lipinski definition) is 0. The van der Waals surface area contributed by atoms with E-state index in [1.165, 1.54) is 0 Å². The van der Waals surface area contributed by atoms with Gasteiger partial charge in [-0.2, -0.15) is 0 Å². The van der Waals surface area contributed by atoms with Crippen molar-refractivity contribution in [3.63, 3.8) is 0 Å². The molecule has 3 aliphatic rings. The van der Waals surface area contributed by atoms with E-state index in [1.54, 1.807) is 0 Å². The zero-order valence-electron chi connectivity index (χ0n) is 18.4. The normalized spacial score (nSPS) is 33.6. The molecule has 0 amide bonds. The maximum absolute atomic E-state index is 12.7. The van der Waals surface area contributed by atoms with E-state index < -0.39 is 28.7 Å². The smallest absolute Gasteiger partial charge is 0.334 e. The van der Waals surface area contributed by atoms with Crippen molar-refractivity contribution in [1.29, 1.82) is 0 Å². The summed E-state index contributed by atoms with van der Waals surface area (Å²) in [4.78, 5) is 27.4. The molecule has 1 heterocycles. The molecule has 3 atom stereocenters. The SMILES string of the molecule is CN(C)CCO[C@]1(c2ccccc2)C2(OC(=O)C=CC(=O)O2)[C@@H]2CC[C@]1(C)C2(C)C. The van der Waals surface area contributed by atoms with Crippen LogP contribution in [0.3, 0.4) is 0 Å². The summed E-state index contributed by atoms with van der Waals surface area (Å²) < 4.78 is 19.0. The standard InChI is InChI=1S/C24H31NO5/c1-21(2)18-13-14-22(21,3)23(28-16-15-25(4)5,17-9-7-6-8-10-17)24(18)29-19(26)11-12-20(27)30-24/h6-12,18H,13-16H2,1-5H3/t18-,22-,23+/m1/s1. The lowest BCUT2D eigenvalue weighted by Crippen LogP contribution is -2.64. The van der Waals surface area contributed by atoms with Crippen LogP contribution in [0.4, 0.5) is 0 Å². The summed E-state index contributed by atoms with van der Waals surface area (Å²) in [6.45, 7) is 7.62. The van der Waals surface area contributed by atoms with E-state index in [1.807, 2.05) is 49.3 Å². The van der Waals surface area contributed by atoms with Crippen LogP contribution in [-0.4, -0.2) is 49.9 Å². The highest BCUT2D eigenvalue weighted by molar-refractivity contribution is 5.93. The highest BCUT2D eigenvalue weighted by Gasteiger charge is 2.85. The molecule has 4 rings (SSSR count). The fourth-order valence-electron chi connectivity index (χ4n) is 6.15. The van der Waals surface area contributed by atoms with Gasteiger partial charge in [0.05, 0.1) is 6.61 Å². The van der Waals surface area contributed by atoms with Crippen molar-refractivity contribution in [3.8, 4) is 0 Å². The number of carbonyl (C=O) groups is 2. The molecule has 162 valence electrons. The first kappa shape index (κ1) is 21.1. The fraction of sp³-hybridized carbons (Fsp3) is 0.583. The third kappa shape index (κ3) is 2.56. The second kappa shape index (κ2) is 6.92. The number of rotatable bonds is 5. The molecule has 0 N–H and O–H groups in total. The van der Waals surface area contributed by atoms with Gasteiger partial charge >= 0.3 is 11.9 Å². The molecule has 6 heteroatoms. The topological polar surface area (TPSA) is 65.1 Å². The van der Waals surface area contributed by atoms with Crippen molar-refractivity contribution in [3.05, 3.63) is 48.0 Å². The molecular weight excluding hydrogens is 382 g/mol. The van der Waals surface area contributed by atoms with Crippen molar-refractivity contribution in [2.45, 2.75) is 45.0 Å². The summed E-state index contributed by atoms with van der Waals surface area (Å²) in [7, 11) is 3.97. The minimum absolute atomic E-state index is 0.192. The van der Waals surface area contributed by atoms with Crippen LogP contribution in [0.15, 0.2) is 42.5 Å². The number of ether oxygens (including phenoxy) is 3. The number of likely N-dealkylation sites (N-methyl/N-ethyl adjacent to an activating group) is 1. The van der Waals surface area contributed by atoms with Crippen LogP contribution in [0.1, 0.15) is 39.2 Å². The molecule has 1 aromatic rings. The Bertz CT molecular complexity index is 857. The van der Waals surface area contributed by atoms with Crippen LogP contribution in [-0.2, 0) is 29.4 Å². The highest BCUT2D eigenvalue weighted by atomic mass is 16.8. The Labute approximate surface area is 178 Å². The second-order valence-corrected chi connectivity index (χ2v) is 9.69. The van der Waals surface area contributed by atoms with Crippen LogP contribution >= 0.6 is 0 Å². The number of nitrogens with zero attached hydrogens (tertiary/aromatic N) is 1. The summed E-state index contributed by atoms with van der Waals surface area (Å²) in [6, 6.07) is 9.80. The van der Waals surface area contributed by atoms with Crippen LogP contribution in [0.5, 0.6) is 0 Å². The van der Waals surface area contributed by atoms with Gasteiger partial charge in [-0.3, -0.25) is 0 Å². The minimum atomic E-state index is -1.53. The molecule has 0 aromatic heterocycles. The van der Waals surface area contributed by atoms with Gasteiger partial charge in [0.15, 0.2) is 5.60 Å².